The molecule has 0 heterocycles. The van der Waals surface area contributed by atoms with Crippen molar-refractivity contribution in [2.75, 3.05) is 5.73 Å². The summed E-state index contributed by atoms with van der Waals surface area (Å²) in [5.74, 6) is 0.819. The zero-order valence-corrected chi connectivity index (χ0v) is 9.99. The van der Waals surface area contributed by atoms with Crippen LogP contribution in [0, 0.1) is 5.92 Å². The molecule has 2 atom stereocenters. The Labute approximate surface area is 97.8 Å². The lowest BCUT2D eigenvalue weighted by atomic mass is 9.89. The van der Waals surface area contributed by atoms with Crippen LogP contribution >= 0.6 is 0 Å². The first-order chi connectivity index (χ1) is 7.74. The predicted octanol–water partition coefficient (Wildman–Crippen LogP) is 3.36. The Kier molecular flexibility index (Phi) is 3.83. The quantitative estimate of drug-likeness (QED) is 0.791. The van der Waals surface area contributed by atoms with Crippen LogP contribution in [0.1, 0.15) is 38.2 Å². The average Bonchev–Trinajstić information content (AvgIpc) is 2.27. The summed E-state index contributed by atoms with van der Waals surface area (Å²) >= 11 is 0. The van der Waals surface area contributed by atoms with Crippen LogP contribution in [0.15, 0.2) is 24.3 Å². The van der Waals surface area contributed by atoms with Gasteiger partial charge in [0.15, 0.2) is 0 Å². The summed E-state index contributed by atoms with van der Waals surface area (Å²) in [5.41, 5.74) is 7.73. The zero-order chi connectivity index (χ0) is 11.4. The second-order valence-electron chi connectivity index (χ2n) is 4.95. The molecular formula is C14H21NO. The smallest absolute Gasteiger partial charge is 0.0721 e. The van der Waals surface area contributed by atoms with Crippen molar-refractivity contribution in [3.05, 3.63) is 29.8 Å². The first-order valence-electron chi connectivity index (χ1n) is 6.20. The van der Waals surface area contributed by atoms with Crippen LogP contribution in [0.5, 0.6) is 0 Å². The molecule has 1 aliphatic rings. The van der Waals surface area contributed by atoms with E-state index in [1.165, 1.54) is 31.2 Å². The van der Waals surface area contributed by atoms with Crippen molar-refractivity contribution >= 4 is 5.69 Å². The van der Waals surface area contributed by atoms with E-state index in [-0.39, 0.29) is 0 Å². The van der Waals surface area contributed by atoms with Gasteiger partial charge in [-0.1, -0.05) is 31.9 Å². The van der Waals surface area contributed by atoms with E-state index < -0.39 is 0 Å². The van der Waals surface area contributed by atoms with E-state index in [1.54, 1.807) is 0 Å². The molecule has 1 fully saturated rings. The van der Waals surface area contributed by atoms with Crippen LogP contribution in [-0.2, 0) is 11.3 Å². The van der Waals surface area contributed by atoms with E-state index in [2.05, 4.69) is 13.0 Å². The van der Waals surface area contributed by atoms with Crippen molar-refractivity contribution in [1.29, 1.82) is 0 Å². The maximum absolute atomic E-state index is 5.94. The highest BCUT2D eigenvalue weighted by atomic mass is 16.5. The molecule has 1 aromatic carbocycles. The molecule has 0 saturated heterocycles. The Hall–Kier alpha value is -1.02. The summed E-state index contributed by atoms with van der Waals surface area (Å²) in [4.78, 5) is 0. The second-order valence-corrected chi connectivity index (χ2v) is 4.95. The van der Waals surface area contributed by atoms with Crippen LogP contribution in [0.2, 0.25) is 0 Å². The molecule has 0 spiro atoms. The molecule has 0 bridgehead atoms. The van der Waals surface area contributed by atoms with E-state index in [9.17, 15) is 0 Å². The van der Waals surface area contributed by atoms with Gasteiger partial charge in [0, 0.05) is 5.69 Å². The number of hydrogen-bond donors (Lipinski definition) is 1. The summed E-state index contributed by atoms with van der Waals surface area (Å²) in [6.45, 7) is 3.01. The third-order valence-electron chi connectivity index (χ3n) is 3.33. The van der Waals surface area contributed by atoms with E-state index in [4.69, 9.17) is 10.5 Å². The lowest BCUT2D eigenvalue weighted by Gasteiger charge is -2.26. The molecule has 0 unspecified atom stereocenters. The van der Waals surface area contributed by atoms with Crippen LogP contribution in [0.25, 0.3) is 0 Å². The number of nitrogen functional groups attached to an aromatic ring is 1. The van der Waals surface area contributed by atoms with E-state index in [1.807, 2.05) is 18.2 Å². The highest BCUT2D eigenvalue weighted by molar-refractivity contribution is 5.40. The minimum atomic E-state index is 0.449. The number of ether oxygens (including phenoxy) is 1. The van der Waals surface area contributed by atoms with Gasteiger partial charge in [-0.25, -0.2) is 0 Å². The number of hydrogen-bond acceptors (Lipinski definition) is 2. The SMILES string of the molecule is C[C@H]1CCC[C@@H](OCc2cccc(N)c2)C1. The number of rotatable bonds is 3. The van der Waals surface area contributed by atoms with Gasteiger partial charge in [0.1, 0.15) is 0 Å². The predicted molar refractivity (Wildman–Crippen MR) is 67.1 cm³/mol. The van der Waals surface area contributed by atoms with Gasteiger partial charge in [0.2, 0.25) is 0 Å². The van der Waals surface area contributed by atoms with Crippen LogP contribution < -0.4 is 5.73 Å². The molecule has 0 radical (unpaired) electrons. The molecule has 2 heteroatoms. The third kappa shape index (κ3) is 3.24. The summed E-state index contributed by atoms with van der Waals surface area (Å²) in [6, 6.07) is 7.96. The monoisotopic (exact) mass is 219 g/mol. The van der Waals surface area contributed by atoms with Crippen molar-refractivity contribution in [3.63, 3.8) is 0 Å². The molecular weight excluding hydrogens is 198 g/mol. The van der Waals surface area contributed by atoms with Crippen LogP contribution in [0.4, 0.5) is 5.69 Å². The minimum Gasteiger partial charge on any atom is -0.399 e. The van der Waals surface area contributed by atoms with Gasteiger partial charge >= 0.3 is 0 Å². The fourth-order valence-electron chi connectivity index (χ4n) is 2.43. The number of nitrogens with two attached hydrogens (primary N) is 1. The molecule has 0 aromatic heterocycles. The summed E-state index contributed by atoms with van der Waals surface area (Å²) in [7, 11) is 0. The van der Waals surface area contributed by atoms with Gasteiger partial charge in [0.05, 0.1) is 12.7 Å². The zero-order valence-electron chi connectivity index (χ0n) is 9.99. The van der Waals surface area contributed by atoms with Crippen molar-refractivity contribution in [3.8, 4) is 0 Å². The topological polar surface area (TPSA) is 35.2 Å². The third-order valence-corrected chi connectivity index (χ3v) is 3.33. The summed E-state index contributed by atoms with van der Waals surface area (Å²) < 4.78 is 5.94. The maximum Gasteiger partial charge on any atom is 0.0721 e. The lowest BCUT2D eigenvalue weighted by Crippen LogP contribution is -2.21. The molecule has 0 aliphatic heterocycles. The van der Waals surface area contributed by atoms with Crippen LogP contribution in [-0.4, -0.2) is 6.10 Å². The van der Waals surface area contributed by atoms with Crippen molar-refractivity contribution in [1.82, 2.24) is 0 Å². The maximum atomic E-state index is 5.94. The van der Waals surface area contributed by atoms with Crippen LogP contribution in [0.3, 0.4) is 0 Å². The molecule has 0 amide bonds. The molecule has 1 aliphatic carbocycles. The summed E-state index contributed by atoms with van der Waals surface area (Å²) in [5, 5.41) is 0. The van der Waals surface area contributed by atoms with Crippen molar-refractivity contribution < 1.29 is 4.74 Å². The van der Waals surface area contributed by atoms with E-state index >= 15 is 0 Å². The lowest BCUT2D eigenvalue weighted by molar-refractivity contribution is 0.00469. The van der Waals surface area contributed by atoms with Gasteiger partial charge in [0.25, 0.3) is 0 Å². The average molecular weight is 219 g/mol. The molecule has 2 N–H and O–H groups in total. The van der Waals surface area contributed by atoms with Gasteiger partial charge < -0.3 is 10.5 Å². The van der Waals surface area contributed by atoms with E-state index in [0.29, 0.717) is 12.7 Å². The van der Waals surface area contributed by atoms with Crippen molar-refractivity contribution in [2.45, 2.75) is 45.3 Å². The Balaban J connectivity index is 1.82. The Morgan fingerprint density at radius 3 is 3.00 bits per heavy atom. The molecule has 1 aromatic rings. The summed E-state index contributed by atoms with van der Waals surface area (Å²) in [6.07, 6.45) is 5.54. The normalized spacial score (nSPS) is 25.6. The number of benzene rings is 1. The van der Waals surface area contributed by atoms with Gasteiger partial charge in [-0.15, -0.1) is 0 Å². The largest absolute Gasteiger partial charge is 0.399 e. The number of anilines is 1. The Morgan fingerprint density at radius 2 is 2.25 bits per heavy atom. The first kappa shape index (κ1) is 11.5. The highest BCUT2D eigenvalue weighted by Gasteiger charge is 2.19. The molecule has 88 valence electrons. The van der Waals surface area contributed by atoms with Gasteiger partial charge in [-0.05, 0) is 36.5 Å². The Morgan fingerprint density at radius 1 is 1.38 bits per heavy atom. The fraction of sp³-hybridized carbons (Fsp3) is 0.571. The Bertz CT molecular complexity index is 337. The molecule has 16 heavy (non-hydrogen) atoms. The van der Waals surface area contributed by atoms with E-state index in [0.717, 1.165) is 11.6 Å². The van der Waals surface area contributed by atoms with Gasteiger partial charge in [-0.2, -0.15) is 0 Å². The minimum absolute atomic E-state index is 0.449. The van der Waals surface area contributed by atoms with Crippen molar-refractivity contribution in [2.24, 2.45) is 5.92 Å². The molecule has 2 nitrogen and oxygen atoms in total. The molecule has 2 rings (SSSR count). The second kappa shape index (κ2) is 5.35. The highest BCUT2D eigenvalue weighted by Crippen LogP contribution is 2.26. The fourth-order valence-corrected chi connectivity index (χ4v) is 2.43. The first-order valence-corrected chi connectivity index (χ1v) is 6.20. The standard InChI is InChI=1S/C14H21NO/c1-11-4-2-7-14(8-11)16-10-12-5-3-6-13(15)9-12/h3,5-6,9,11,14H,2,4,7-8,10,15H2,1H3/t11-,14+/m0/s1. The van der Waals surface area contributed by atoms with Gasteiger partial charge in [-0.3, -0.25) is 0 Å². The molecule has 1 saturated carbocycles.